The Balaban J connectivity index is 1.74. The predicted octanol–water partition coefficient (Wildman–Crippen LogP) is 1.65. The van der Waals surface area contributed by atoms with E-state index in [0.29, 0.717) is 42.1 Å². The van der Waals surface area contributed by atoms with Gasteiger partial charge in [-0.15, -0.1) is 0 Å². The first-order chi connectivity index (χ1) is 12.2. The zero-order valence-corrected chi connectivity index (χ0v) is 14.2. The highest BCUT2D eigenvalue weighted by Gasteiger charge is 2.10. The highest BCUT2D eigenvalue weighted by Crippen LogP contribution is 2.27. The quantitative estimate of drug-likeness (QED) is 0.712. The van der Waals surface area contributed by atoms with Crippen LogP contribution >= 0.6 is 0 Å². The van der Waals surface area contributed by atoms with Crippen LogP contribution in [-0.4, -0.2) is 44.1 Å². The first-order valence-electron chi connectivity index (χ1n) is 7.84. The van der Waals surface area contributed by atoms with Crippen LogP contribution in [-0.2, 0) is 0 Å². The lowest BCUT2D eigenvalue weighted by atomic mass is 10.2. The molecule has 0 spiro atoms. The van der Waals surface area contributed by atoms with Gasteiger partial charge in [0.15, 0.2) is 11.5 Å². The molecule has 0 bridgehead atoms. The Kier molecular flexibility index (Phi) is 6.76. The van der Waals surface area contributed by atoms with Gasteiger partial charge in [-0.3, -0.25) is 14.6 Å². The van der Waals surface area contributed by atoms with Crippen molar-refractivity contribution < 1.29 is 19.1 Å². The molecule has 1 heterocycles. The number of carbonyl (C=O) groups is 2. The summed E-state index contributed by atoms with van der Waals surface area (Å²) in [6.45, 7) is 0.914. The van der Waals surface area contributed by atoms with E-state index in [4.69, 9.17) is 9.47 Å². The normalized spacial score (nSPS) is 10.0. The fraction of sp³-hybridized carbons (Fsp3) is 0.278. The molecule has 2 amide bonds. The number of methoxy groups -OCH3 is 2. The van der Waals surface area contributed by atoms with Crippen LogP contribution in [0.4, 0.5) is 0 Å². The number of ether oxygens (including phenoxy) is 2. The highest BCUT2D eigenvalue weighted by molar-refractivity contribution is 5.95. The van der Waals surface area contributed by atoms with Crippen molar-refractivity contribution in [1.82, 2.24) is 15.6 Å². The summed E-state index contributed by atoms with van der Waals surface area (Å²) in [5.74, 6) is 0.702. The largest absolute Gasteiger partial charge is 0.493 e. The van der Waals surface area contributed by atoms with Crippen molar-refractivity contribution >= 4 is 11.8 Å². The van der Waals surface area contributed by atoms with Crippen LogP contribution in [0.15, 0.2) is 42.7 Å². The third-order valence-electron chi connectivity index (χ3n) is 3.51. The van der Waals surface area contributed by atoms with E-state index in [2.05, 4.69) is 15.6 Å². The average Bonchev–Trinajstić information content (AvgIpc) is 2.67. The minimum atomic E-state index is -0.207. The predicted molar refractivity (Wildman–Crippen MR) is 93.1 cm³/mol. The molecule has 2 aromatic rings. The van der Waals surface area contributed by atoms with E-state index in [1.165, 1.54) is 14.2 Å². The molecule has 7 heteroatoms. The van der Waals surface area contributed by atoms with Crippen molar-refractivity contribution in [3.05, 3.63) is 53.9 Å². The lowest BCUT2D eigenvalue weighted by Gasteiger charge is -2.10. The van der Waals surface area contributed by atoms with E-state index in [1.807, 2.05) is 0 Å². The summed E-state index contributed by atoms with van der Waals surface area (Å²) >= 11 is 0. The number of nitrogens with one attached hydrogen (secondary N) is 2. The van der Waals surface area contributed by atoms with Crippen LogP contribution in [0.1, 0.15) is 27.1 Å². The number of aromatic nitrogens is 1. The summed E-state index contributed by atoms with van der Waals surface area (Å²) in [5.41, 5.74) is 1.04. The van der Waals surface area contributed by atoms with Crippen LogP contribution in [0.25, 0.3) is 0 Å². The van der Waals surface area contributed by atoms with Crippen molar-refractivity contribution in [2.24, 2.45) is 0 Å². The van der Waals surface area contributed by atoms with Crippen molar-refractivity contribution in [3.8, 4) is 11.5 Å². The number of hydrogen-bond donors (Lipinski definition) is 2. The first-order valence-corrected chi connectivity index (χ1v) is 7.84. The Bertz CT molecular complexity index is 720. The van der Waals surface area contributed by atoms with Gasteiger partial charge < -0.3 is 20.1 Å². The maximum absolute atomic E-state index is 12.1. The van der Waals surface area contributed by atoms with Gasteiger partial charge in [-0.2, -0.15) is 0 Å². The number of nitrogens with zero attached hydrogens (tertiary/aromatic N) is 1. The third kappa shape index (κ3) is 5.20. The van der Waals surface area contributed by atoms with E-state index in [1.54, 1.807) is 42.7 Å². The monoisotopic (exact) mass is 343 g/mol. The van der Waals surface area contributed by atoms with Gasteiger partial charge in [-0.1, -0.05) is 0 Å². The maximum atomic E-state index is 12.1. The zero-order valence-electron chi connectivity index (χ0n) is 14.2. The molecular weight excluding hydrogens is 322 g/mol. The SMILES string of the molecule is COc1ccc(C(=O)NCCCNC(=O)c2ccncc2)cc1OC. The van der Waals surface area contributed by atoms with Gasteiger partial charge in [0.25, 0.3) is 11.8 Å². The Morgan fingerprint density at radius 2 is 1.48 bits per heavy atom. The van der Waals surface area contributed by atoms with E-state index in [9.17, 15) is 9.59 Å². The standard InChI is InChI=1S/C18H21N3O4/c1-24-15-5-4-14(12-16(15)25-2)18(23)21-9-3-8-20-17(22)13-6-10-19-11-7-13/h4-7,10-12H,3,8-9H2,1-2H3,(H,20,22)(H,21,23). The molecule has 0 aliphatic rings. The topological polar surface area (TPSA) is 89.6 Å². The Labute approximate surface area is 146 Å². The van der Waals surface area contributed by atoms with Crippen molar-refractivity contribution in [2.45, 2.75) is 6.42 Å². The molecule has 2 N–H and O–H groups in total. The molecule has 0 fully saturated rings. The number of benzene rings is 1. The number of carbonyl (C=O) groups excluding carboxylic acids is 2. The highest BCUT2D eigenvalue weighted by atomic mass is 16.5. The Hall–Kier alpha value is -3.09. The Morgan fingerprint density at radius 3 is 2.08 bits per heavy atom. The maximum Gasteiger partial charge on any atom is 0.251 e. The summed E-state index contributed by atoms with van der Waals surface area (Å²) in [4.78, 5) is 27.8. The van der Waals surface area contributed by atoms with E-state index in [-0.39, 0.29) is 11.8 Å². The number of rotatable bonds is 8. The minimum Gasteiger partial charge on any atom is -0.493 e. The van der Waals surface area contributed by atoms with Gasteiger partial charge in [0, 0.05) is 36.6 Å². The van der Waals surface area contributed by atoms with E-state index < -0.39 is 0 Å². The summed E-state index contributed by atoms with van der Waals surface area (Å²) < 4.78 is 10.3. The average molecular weight is 343 g/mol. The molecule has 1 aromatic carbocycles. The van der Waals surface area contributed by atoms with E-state index >= 15 is 0 Å². The minimum absolute atomic E-state index is 0.159. The fourth-order valence-corrected chi connectivity index (χ4v) is 2.18. The summed E-state index contributed by atoms with van der Waals surface area (Å²) in [7, 11) is 3.06. The molecular formula is C18H21N3O4. The second kappa shape index (κ2) is 9.27. The fourth-order valence-electron chi connectivity index (χ4n) is 2.18. The summed E-state index contributed by atoms with van der Waals surface area (Å²) in [6, 6.07) is 8.27. The molecule has 0 saturated heterocycles. The lowest BCUT2D eigenvalue weighted by Crippen LogP contribution is -2.29. The van der Waals surface area contributed by atoms with Crippen LogP contribution < -0.4 is 20.1 Å². The van der Waals surface area contributed by atoms with Crippen molar-refractivity contribution in [2.75, 3.05) is 27.3 Å². The zero-order chi connectivity index (χ0) is 18.1. The van der Waals surface area contributed by atoms with Crippen LogP contribution in [0.2, 0.25) is 0 Å². The number of amides is 2. The van der Waals surface area contributed by atoms with Crippen LogP contribution in [0.5, 0.6) is 11.5 Å². The molecule has 0 aliphatic heterocycles. The third-order valence-corrected chi connectivity index (χ3v) is 3.51. The van der Waals surface area contributed by atoms with Crippen molar-refractivity contribution in [1.29, 1.82) is 0 Å². The van der Waals surface area contributed by atoms with Gasteiger partial charge in [-0.25, -0.2) is 0 Å². The first kappa shape index (κ1) is 18.3. The Morgan fingerprint density at radius 1 is 0.880 bits per heavy atom. The van der Waals surface area contributed by atoms with Gasteiger partial charge in [0.05, 0.1) is 14.2 Å². The van der Waals surface area contributed by atoms with Gasteiger partial charge in [0.1, 0.15) is 0 Å². The molecule has 0 saturated carbocycles. The van der Waals surface area contributed by atoms with Crippen LogP contribution in [0, 0.1) is 0 Å². The second-order valence-electron chi connectivity index (χ2n) is 5.17. The lowest BCUT2D eigenvalue weighted by molar-refractivity contribution is 0.0951. The molecule has 0 aliphatic carbocycles. The molecule has 132 valence electrons. The second-order valence-corrected chi connectivity index (χ2v) is 5.17. The smallest absolute Gasteiger partial charge is 0.251 e. The van der Waals surface area contributed by atoms with E-state index in [0.717, 1.165) is 0 Å². The van der Waals surface area contributed by atoms with Gasteiger partial charge in [-0.05, 0) is 36.8 Å². The molecule has 0 unspecified atom stereocenters. The van der Waals surface area contributed by atoms with Gasteiger partial charge in [0.2, 0.25) is 0 Å². The molecule has 1 aromatic heterocycles. The number of pyridine rings is 1. The molecule has 0 atom stereocenters. The molecule has 0 radical (unpaired) electrons. The van der Waals surface area contributed by atoms with Crippen LogP contribution in [0.3, 0.4) is 0 Å². The molecule has 7 nitrogen and oxygen atoms in total. The summed E-state index contributed by atoms with van der Waals surface area (Å²) in [5, 5.41) is 5.60. The summed E-state index contributed by atoms with van der Waals surface area (Å²) in [6.07, 6.45) is 3.76. The molecule has 2 rings (SSSR count). The van der Waals surface area contributed by atoms with Crippen molar-refractivity contribution in [3.63, 3.8) is 0 Å². The number of hydrogen-bond acceptors (Lipinski definition) is 5. The van der Waals surface area contributed by atoms with Gasteiger partial charge >= 0.3 is 0 Å². The molecule has 25 heavy (non-hydrogen) atoms.